The number of hydrogen-bond donors (Lipinski definition) is 1. The highest BCUT2D eigenvalue weighted by molar-refractivity contribution is 9.10. The molecule has 19 heavy (non-hydrogen) atoms. The molecule has 0 fully saturated rings. The van der Waals surface area contributed by atoms with Crippen molar-refractivity contribution in [1.29, 1.82) is 0 Å². The van der Waals surface area contributed by atoms with Gasteiger partial charge in [-0.1, -0.05) is 0 Å². The third-order valence-electron chi connectivity index (χ3n) is 2.50. The van der Waals surface area contributed by atoms with Gasteiger partial charge in [0, 0.05) is 6.07 Å². The van der Waals surface area contributed by atoms with Gasteiger partial charge in [0.15, 0.2) is 0 Å². The van der Waals surface area contributed by atoms with Crippen LogP contribution >= 0.6 is 15.9 Å². The average molecular weight is 331 g/mol. The minimum atomic E-state index is -1.55. The first-order valence-corrected chi connectivity index (χ1v) is 6.03. The molecule has 1 aromatic heterocycles. The van der Waals surface area contributed by atoms with Crippen molar-refractivity contribution in [2.75, 3.05) is 7.11 Å². The summed E-state index contributed by atoms with van der Waals surface area (Å²) in [5, 5.41) is 17.3. The van der Waals surface area contributed by atoms with Gasteiger partial charge in [-0.25, -0.2) is 8.78 Å². The van der Waals surface area contributed by atoms with E-state index in [1.807, 2.05) is 0 Å². The lowest BCUT2D eigenvalue weighted by Gasteiger charge is -2.13. The van der Waals surface area contributed by atoms with E-state index < -0.39 is 23.3 Å². The molecule has 1 heterocycles. The highest BCUT2D eigenvalue weighted by atomic mass is 79.9. The molecule has 2 rings (SSSR count). The lowest BCUT2D eigenvalue weighted by molar-refractivity contribution is 0.202. The molecule has 0 aliphatic carbocycles. The van der Waals surface area contributed by atoms with Crippen molar-refractivity contribution in [3.05, 3.63) is 51.6 Å². The largest absolute Gasteiger partial charge is 0.480 e. The SMILES string of the molecule is COc1ccc(C(O)c2c(F)ccc(Br)c2F)nn1. The molecule has 0 radical (unpaired) electrons. The first-order valence-electron chi connectivity index (χ1n) is 5.23. The summed E-state index contributed by atoms with van der Waals surface area (Å²) in [6, 6.07) is 5.11. The van der Waals surface area contributed by atoms with E-state index in [1.54, 1.807) is 0 Å². The Labute approximate surface area is 116 Å². The molecular weight excluding hydrogens is 322 g/mol. The Kier molecular flexibility index (Phi) is 4.06. The maximum Gasteiger partial charge on any atom is 0.233 e. The van der Waals surface area contributed by atoms with Crippen LogP contribution < -0.4 is 4.74 Å². The lowest BCUT2D eigenvalue weighted by atomic mass is 10.1. The van der Waals surface area contributed by atoms with Gasteiger partial charge in [-0.15, -0.1) is 10.2 Å². The van der Waals surface area contributed by atoms with Gasteiger partial charge in [0.1, 0.15) is 17.7 Å². The highest BCUT2D eigenvalue weighted by Gasteiger charge is 2.23. The van der Waals surface area contributed by atoms with E-state index in [0.29, 0.717) is 0 Å². The van der Waals surface area contributed by atoms with Crippen LogP contribution in [0.1, 0.15) is 17.4 Å². The molecule has 1 N–H and O–H groups in total. The van der Waals surface area contributed by atoms with Gasteiger partial charge < -0.3 is 9.84 Å². The van der Waals surface area contributed by atoms with Crippen molar-refractivity contribution >= 4 is 15.9 Å². The molecule has 2 aromatic rings. The van der Waals surface area contributed by atoms with Crippen LogP contribution in [0.2, 0.25) is 0 Å². The zero-order chi connectivity index (χ0) is 14.0. The van der Waals surface area contributed by atoms with Crippen LogP contribution in [0.3, 0.4) is 0 Å². The van der Waals surface area contributed by atoms with Crippen molar-refractivity contribution in [1.82, 2.24) is 10.2 Å². The zero-order valence-electron chi connectivity index (χ0n) is 9.77. The Morgan fingerprint density at radius 3 is 2.53 bits per heavy atom. The van der Waals surface area contributed by atoms with Crippen molar-refractivity contribution < 1.29 is 18.6 Å². The molecule has 7 heteroatoms. The first-order chi connectivity index (χ1) is 9.04. The lowest BCUT2D eigenvalue weighted by Crippen LogP contribution is -2.09. The molecule has 0 aliphatic heterocycles. The fourth-order valence-corrected chi connectivity index (χ4v) is 1.87. The Hall–Kier alpha value is -1.60. The maximum absolute atomic E-state index is 13.8. The summed E-state index contributed by atoms with van der Waals surface area (Å²) in [7, 11) is 1.41. The topological polar surface area (TPSA) is 55.2 Å². The molecule has 0 saturated heterocycles. The van der Waals surface area contributed by atoms with Crippen molar-refractivity contribution in [2.45, 2.75) is 6.10 Å². The van der Waals surface area contributed by atoms with E-state index in [-0.39, 0.29) is 16.0 Å². The Balaban J connectivity index is 2.43. The van der Waals surface area contributed by atoms with Crippen LogP contribution in [0, 0.1) is 11.6 Å². The van der Waals surface area contributed by atoms with E-state index in [0.717, 1.165) is 6.07 Å². The molecule has 4 nitrogen and oxygen atoms in total. The summed E-state index contributed by atoms with van der Waals surface area (Å²) in [6.07, 6.45) is -1.55. The van der Waals surface area contributed by atoms with Crippen LogP contribution in [0.25, 0.3) is 0 Å². The minimum Gasteiger partial charge on any atom is -0.480 e. The van der Waals surface area contributed by atoms with Crippen LogP contribution in [0.5, 0.6) is 5.88 Å². The number of hydrogen-bond acceptors (Lipinski definition) is 4. The summed E-state index contributed by atoms with van der Waals surface area (Å²) in [4.78, 5) is 0. The van der Waals surface area contributed by atoms with E-state index in [9.17, 15) is 13.9 Å². The van der Waals surface area contributed by atoms with Crippen LogP contribution in [0.4, 0.5) is 8.78 Å². The Bertz CT molecular complexity index is 593. The standard InChI is InChI=1S/C12H9BrF2N2O2/c1-19-9-5-4-8(16-17-9)12(18)10-7(14)3-2-6(13)11(10)15/h2-5,12,18H,1H3. The number of halogens is 3. The van der Waals surface area contributed by atoms with Crippen LogP contribution in [-0.2, 0) is 0 Å². The number of benzene rings is 1. The predicted molar refractivity (Wildman–Crippen MR) is 66.7 cm³/mol. The number of ether oxygens (including phenoxy) is 1. The normalized spacial score (nSPS) is 12.3. The van der Waals surface area contributed by atoms with Crippen molar-refractivity contribution in [3.8, 4) is 5.88 Å². The van der Waals surface area contributed by atoms with Gasteiger partial charge in [0.2, 0.25) is 5.88 Å². The number of rotatable bonds is 3. The molecule has 0 aliphatic rings. The molecule has 0 saturated carbocycles. The van der Waals surface area contributed by atoms with Crippen LogP contribution in [0.15, 0.2) is 28.7 Å². The second kappa shape index (κ2) is 5.58. The van der Waals surface area contributed by atoms with Crippen molar-refractivity contribution in [3.63, 3.8) is 0 Å². The van der Waals surface area contributed by atoms with Gasteiger partial charge >= 0.3 is 0 Å². The second-order valence-electron chi connectivity index (χ2n) is 3.66. The Morgan fingerprint density at radius 1 is 1.21 bits per heavy atom. The first kappa shape index (κ1) is 13.8. The molecule has 100 valence electrons. The third kappa shape index (κ3) is 2.71. The number of nitrogens with zero attached hydrogens (tertiary/aromatic N) is 2. The zero-order valence-corrected chi connectivity index (χ0v) is 11.4. The number of methoxy groups -OCH3 is 1. The summed E-state index contributed by atoms with van der Waals surface area (Å²) in [5.41, 5.74) is -0.453. The van der Waals surface area contributed by atoms with Crippen LogP contribution in [-0.4, -0.2) is 22.4 Å². The number of aliphatic hydroxyl groups excluding tert-OH is 1. The summed E-state index contributed by atoms with van der Waals surface area (Å²) >= 11 is 2.94. The monoisotopic (exact) mass is 330 g/mol. The maximum atomic E-state index is 13.8. The molecule has 1 atom stereocenters. The smallest absolute Gasteiger partial charge is 0.233 e. The fraction of sp³-hybridized carbons (Fsp3) is 0.167. The van der Waals surface area contributed by atoms with Gasteiger partial charge in [-0.2, -0.15) is 0 Å². The number of aliphatic hydroxyl groups is 1. The summed E-state index contributed by atoms with van der Waals surface area (Å²) < 4.78 is 32.3. The second-order valence-corrected chi connectivity index (χ2v) is 4.51. The molecule has 0 amide bonds. The van der Waals surface area contributed by atoms with Gasteiger partial charge in [0.05, 0.1) is 22.8 Å². The molecule has 0 bridgehead atoms. The summed E-state index contributed by atoms with van der Waals surface area (Å²) in [6.45, 7) is 0. The Morgan fingerprint density at radius 2 is 1.95 bits per heavy atom. The van der Waals surface area contributed by atoms with E-state index in [4.69, 9.17) is 4.74 Å². The summed E-state index contributed by atoms with van der Waals surface area (Å²) in [5.74, 6) is -1.48. The average Bonchev–Trinajstić information content (AvgIpc) is 2.43. The fourth-order valence-electron chi connectivity index (χ4n) is 1.53. The number of aromatic nitrogens is 2. The van der Waals surface area contributed by atoms with Crippen molar-refractivity contribution in [2.24, 2.45) is 0 Å². The van der Waals surface area contributed by atoms with E-state index in [2.05, 4.69) is 26.1 Å². The molecule has 1 unspecified atom stereocenters. The van der Waals surface area contributed by atoms with E-state index in [1.165, 1.54) is 25.3 Å². The van der Waals surface area contributed by atoms with Gasteiger partial charge in [-0.05, 0) is 34.1 Å². The van der Waals surface area contributed by atoms with Gasteiger partial charge in [-0.3, -0.25) is 0 Å². The molecule has 1 aromatic carbocycles. The van der Waals surface area contributed by atoms with E-state index >= 15 is 0 Å². The molecule has 0 spiro atoms. The minimum absolute atomic E-state index is 0.0247. The quantitative estimate of drug-likeness (QED) is 0.879. The predicted octanol–water partition coefficient (Wildman–Crippen LogP) is 2.61. The van der Waals surface area contributed by atoms with Gasteiger partial charge in [0.25, 0.3) is 0 Å². The third-order valence-corrected chi connectivity index (χ3v) is 3.12. The highest BCUT2D eigenvalue weighted by Crippen LogP contribution is 2.29. The molecular formula is C12H9BrF2N2O2.